The van der Waals surface area contributed by atoms with Gasteiger partial charge < -0.3 is 15.5 Å². The van der Waals surface area contributed by atoms with Crippen molar-refractivity contribution in [2.75, 3.05) is 27.2 Å². The average molecular weight is 452 g/mol. The van der Waals surface area contributed by atoms with Crippen molar-refractivity contribution in [3.8, 4) is 0 Å². The van der Waals surface area contributed by atoms with Crippen molar-refractivity contribution in [2.45, 2.75) is 32.4 Å². The summed E-state index contributed by atoms with van der Waals surface area (Å²) in [4.78, 5) is 6.31. The summed E-state index contributed by atoms with van der Waals surface area (Å²) in [5.41, 5.74) is 0.0666. The van der Waals surface area contributed by atoms with Crippen LogP contribution in [0.1, 0.15) is 31.9 Å². The number of nitrogens with one attached hydrogen (secondary N) is 2. The lowest BCUT2D eigenvalue weighted by Crippen LogP contribution is -2.39. The number of likely N-dealkylation sites (N-methyl/N-ethyl adjacent to an activating group) is 1. The van der Waals surface area contributed by atoms with Crippen LogP contribution in [0, 0.1) is 17.6 Å². The topological polar surface area (TPSA) is 39.7 Å². The number of guanidine groups is 1. The summed E-state index contributed by atoms with van der Waals surface area (Å²) in [6.45, 7) is 5.20. The first-order chi connectivity index (χ1) is 10.9. The minimum atomic E-state index is -0.535. The van der Waals surface area contributed by atoms with E-state index in [9.17, 15) is 8.78 Å². The monoisotopic (exact) mass is 452 g/mol. The van der Waals surface area contributed by atoms with E-state index in [1.54, 1.807) is 19.0 Å². The van der Waals surface area contributed by atoms with Gasteiger partial charge >= 0.3 is 0 Å². The van der Waals surface area contributed by atoms with E-state index < -0.39 is 17.7 Å². The van der Waals surface area contributed by atoms with Crippen molar-refractivity contribution in [3.63, 3.8) is 0 Å². The summed E-state index contributed by atoms with van der Waals surface area (Å²) in [6, 6.07) is 3.94. The fraction of sp³-hybridized carbons (Fsp3) is 0.588. The molecule has 0 aromatic heterocycles. The largest absolute Gasteiger partial charge is 0.357 e. The van der Waals surface area contributed by atoms with Crippen LogP contribution in [0.25, 0.3) is 0 Å². The van der Waals surface area contributed by atoms with Crippen LogP contribution >= 0.6 is 24.0 Å². The van der Waals surface area contributed by atoms with Crippen LogP contribution in [0.2, 0.25) is 0 Å². The zero-order valence-electron chi connectivity index (χ0n) is 14.6. The van der Waals surface area contributed by atoms with Crippen LogP contribution in [0.15, 0.2) is 23.2 Å². The fourth-order valence-electron chi connectivity index (χ4n) is 2.54. The van der Waals surface area contributed by atoms with E-state index in [1.165, 1.54) is 18.2 Å². The molecule has 1 saturated carbocycles. The van der Waals surface area contributed by atoms with E-state index >= 15 is 0 Å². The van der Waals surface area contributed by atoms with Crippen molar-refractivity contribution < 1.29 is 8.78 Å². The molecule has 0 spiro atoms. The molecule has 0 aliphatic heterocycles. The number of aliphatic imine (C=N–C) groups is 1. The van der Waals surface area contributed by atoms with Crippen LogP contribution < -0.4 is 10.6 Å². The van der Waals surface area contributed by atoms with E-state index in [0.29, 0.717) is 17.9 Å². The molecule has 0 radical (unpaired) electrons. The standard InChI is InChI=1S/C17H26F2N4.HI/c1-5-20-17(22-14-9-11(14)2)21-10-15(23(3)4)16-12(18)7-6-8-13(16)19;/h6-8,11,14-15H,5,9-10H2,1-4H3,(H2,20,21,22);1H. The van der Waals surface area contributed by atoms with Gasteiger partial charge in [-0.3, -0.25) is 4.99 Å². The molecule has 3 atom stereocenters. The second-order valence-electron chi connectivity index (χ2n) is 6.30. The van der Waals surface area contributed by atoms with E-state index in [2.05, 4.69) is 22.5 Å². The van der Waals surface area contributed by atoms with Crippen LogP contribution in [0.4, 0.5) is 8.78 Å². The molecule has 1 aliphatic rings. The quantitative estimate of drug-likeness (QED) is 0.396. The molecule has 24 heavy (non-hydrogen) atoms. The van der Waals surface area contributed by atoms with Gasteiger partial charge in [-0.2, -0.15) is 0 Å². The second kappa shape index (κ2) is 9.50. The second-order valence-corrected chi connectivity index (χ2v) is 6.30. The van der Waals surface area contributed by atoms with E-state index in [4.69, 9.17) is 0 Å². The Morgan fingerprint density at radius 2 is 1.92 bits per heavy atom. The summed E-state index contributed by atoms with van der Waals surface area (Å²) in [6.07, 6.45) is 1.13. The van der Waals surface area contributed by atoms with Crippen molar-refractivity contribution in [2.24, 2.45) is 10.9 Å². The number of hydrogen-bond donors (Lipinski definition) is 2. The predicted octanol–water partition coefficient (Wildman–Crippen LogP) is 3.15. The molecule has 1 aliphatic carbocycles. The number of nitrogens with zero attached hydrogens (tertiary/aromatic N) is 2. The number of halogens is 3. The molecular weight excluding hydrogens is 425 g/mol. The van der Waals surface area contributed by atoms with Crippen LogP contribution in [-0.4, -0.2) is 44.1 Å². The molecule has 0 amide bonds. The highest BCUT2D eigenvalue weighted by Crippen LogP contribution is 2.29. The van der Waals surface area contributed by atoms with Gasteiger partial charge in [0, 0.05) is 18.2 Å². The minimum Gasteiger partial charge on any atom is -0.357 e. The molecule has 136 valence electrons. The molecule has 2 N–H and O–H groups in total. The van der Waals surface area contributed by atoms with Crippen molar-refractivity contribution in [3.05, 3.63) is 35.4 Å². The van der Waals surface area contributed by atoms with Gasteiger partial charge in [-0.15, -0.1) is 24.0 Å². The number of benzene rings is 1. The first kappa shape index (κ1) is 21.1. The molecule has 0 saturated heterocycles. The Bertz CT molecular complexity index is 545. The third kappa shape index (κ3) is 5.54. The average Bonchev–Trinajstić information content (AvgIpc) is 3.16. The summed E-state index contributed by atoms with van der Waals surface area (Å²) < 4.78 is 28.1. The van der Waals surface area contributed by atoms with Gasteiger partial charge in [0.15, 0.2) is 5.96 Å². The van der Waals surface area contributed by atoms with Crippen molar-refractivity contribution in [1.29, 1.82) is 0 Å². The Kier molecular flexibility index (Phi) is 8.35. The third-order valence-corrected chi connectivity index (χ3v) is 4.15. The summed E-state index contributed by atoms with van der Waals surface area (Å²) in [7, 11) is 3.60. The summed E-state index contributed by atoms with van der Waals surface area (Å²) >= 11 is 0. The lowest BCUT2D eigenvalue weighted by atomic mass is 10.0. The molecular formula is C17H27F2IN4. The van der Waals surface area contributed by atoms with E-state index in [0.717, 1.165) is 13.0 Å². The molecule has 1 fully saturated rings. The van der Waals surface area contributed by atoms with Gasteiger partial charge in [0.1, 0.15) is 11.6 Å². The summed E-state index contributed by atoms with van der Waals surface area (Å²) in [5, 5.41) is 6.53. The van der Waals surface area contributed by atoms with Gasteiger partial charge in [0.2, 0.25) is 0 Å². The van der Waals surface area contributed by atoms with E-state index in [-0.39, 0.29) is 36.1 Å². The van der Waals surface area contributed by atoms with Crippen LogP contribution in [-0.2, 0) is 0 Å². The van der Waals surface area contributed by atoms with Crippen molar-refractivity contribution in [1.82, 2.24) is 15.5 Å². The normalized spacial score (nSPS) is 21.2. The number of rotatable bonds is 6. The molecule has 3 unspecified atom stereocenters. The van der Waals surface area contributed by atoms with Crippen LogP contribution in [0.5, 0.6) is 0 Å². The Morgan fingerprint density at radius 1 is 1.33 bits per heavy atom. The zero-order valence-corrected chi connectivity index (χ0v) is 17.0. The van der Waals surface area contributed by atoms with E-state index in [1.807, 2.05) is 6.92 Å². The maximum absolute atomic E-state index is 14.1. The van der Waals surface area contributed by atoms with Crippen molar-refractivity contribution >= 4 is 29.9 Å². The highest BCUT2D eigenvalue weighted by molar-refractivity contribution is 14.0. The lowest BCUT2D eigenvalue weighted by molar-refractivity contribution is 0.290. The van der Waals surface area contributed by atoms with Gasteiger partial charge in [0.05, 0.1) is 12.6 Å². The SMILES string of the molecule is CCNC(=NCC(c1c(F)cccc1F)N(C)C)NC1CC1C.I. The molecule has 1 aromatic carbocycles. The maximum atomic E-state index is 14.1. The smallest absolute Gasteiger partial charge is 0.191 e. The highest BCUT2D eigenvalue weighted by atomic mass is 127. The highest BCUT2D eigenvalue weighted by Gasteiger charge is 2.33. The first-order valence-electron chi connectivity index (χ1n) is 8.09. The molecule has 0 bridgehead atoms. The summed E-state index contributed by atoms with van der Waals surface area (Å²) in [5.74, 6) is 0.276. The first-order valence-corrected chi connectivity index (χ1v) is 8.09. The molecule has 4 nitrogen and oxygen atoms in total. The zero-order chi connectivity index (χ0) is 17.0. The molecule has 1 aromatic rings. The molecule has 0 heterocycles. The van der Waals surface area contributed by atoms with Gasteiger partial charge in [-0.1, -0.05) is 13.0 Å². The van der Waals surface area contributed by atoms with Crippen LogP contribution in [0.3, 0.4) is 0 Å². The van der Waals surface area contributed by atoms with Gasteiger partial charge in [0.25, 0.3) is 0 Å². The Hall–Kier alpha value is -0.960. The predicted molar refractivity (Wildman–Crippen MR) is 105 cm³/mol. The van der Waals surface area contributed by atoms with Gasteiger partial charge in [-0.25, -0.2) is 8.78 Å². The molecule has 7 heteroatoms. The Balaban J connectivity index is 0.00000288. The fourth-order valence-corrected chi connectivity index (χ4v) is 2.54. The lowest BCUT2D eigenvalue weighted by Gasteiger charge is -2.24. The molecule has 2 rings (SSSR count). The number of hydrogen-bond acceptors (Lipinski definition) is 2. The Labute approximate surface area is 160 Å². The maximum Gasteiger partial charge on any atom is 0.191 e. The Morgan fingerprint density at radius 3 is 2.38 bits per heavy atom. The third-order valence-electron chi connectivity index (χ3n) is 4.15. The van der Waals surface area contributed by atoms with Gasteiger partial charge in [-0.05, 0) is 45.5 Å². The minimum absolute atomic E-state index is 0.